The van der Waals surface area contributed by atoms with E-state index in [0.717, 1.165) is 72.7 Å². The van der Waals surface area contributed by atoms with E-state index in [4.69, 9.17) is 19.9 Å². The molecule has 0 atom stereocenters. The molecule has 0 spiro atoms. The standard InChI is InChI=1S/C50H47N5O/c1-31-14-12-15-32(2)46(31)55-41-25-27-52-43(44(41)54-48(55)45-47(56)39(49(3,4)5)30-42(53-45)50(6,7)8)38-19-13-18-37(28-38)40-29-36(24-26-51-40)35-22-20-34(21-23-35)33-16-10-9-11-17-33/h9-30,56H,1-8H3. The molecule has 0 fully saturated rings. The molecular formula is C50H47N5O. The predicted molar refractivity (Wildman–Crippen MR) is 230 cm³/mol. The average molecular weight is 734 g/mol. The fourth-order valence-electron chi connectivity index (χ4n) is 7.49. The Labute approximate surface area is 329 Å². The summed E-state index contributed by atoms with van der Waals surface area (Å²) in [6, 6.07) is 42.0. The van der Waals surface area contributed by atoms with Crippen LogP contribution in [0.3, 0.4) is 0 Å². The van der Waals surface area contributed by atoms with Crippen molar-refractivity contribution in [3.05, 3.63) is 156 Å². The van der Waals surface area contributed by atoms with Gasteiger partial charge >= 0.3 is 0 Å². The Morgan fingerprint density at radius 1 is 0.518 bits per heavy atom. The monoisotopic (exact) mass is 733 g/mol. The van der Waals surface area contributed by atoms with Gasteiger partial charge in [0, 0.05) is 40.2 Å². The molecule has 6 nitrogen and oxygen atoms in total. The summed E-state index contributed by atoms with van der Waals surface area (Å²) in [7, 11) is 0. The first-order valence-electron chi connectivity index (χ1n) is 19.2. The summed E-state index contributed by atoms with van der Waals surface area (Å²) in [5.41, 5.74) is 14.5. The van der Waals surface area contributed by atoms with Crippen LogP contribution in [0, 0.1) is 13.8 Å². The number of para-hydroxylation sites is 1. The number of rotatable bonds is 6. The maximum absolute atomic E-state index is 12.1. The van der Waals surface area contributed by atoms with Gasteiger partial charge in [-0.1, -0.05) is 133 Å². The number of fused-ring (bicyclic) bond motifs is 1. The highest BCUT2D eigenvalue weighted by Gasteiger charge is 2.30. The molecular weight excluding hydrogens is 687 g/mol. The summed E-state index contributed by atoms with van der Waals surface area (Å²) in [6.07, 6.45) is 3.72. The molecule has 278 valence electrons. The maximum Gasteiger partial charge on any atom is 0.168 e. The van der Waals surface area contributed by atoms with Gasteiger partial charge in [0.2, 0.25) is 0 Å². The van der Waals surface area contributed by atoms with E-state index in [9.17, 15) is 5.11 Å². The van der Waals surface area contributed by atoms with Crippen LogP contribution in [0.2, 0.25) is 0 Å². The van der Waals surface area contributed by atoms with Gasteiger partial charge in [-0.15, -0.1) is 0 Å². The SMILES string of the molecule is Cc1cccc(C)c1-n1c(-c2nc(C(C)(C)C)cc(C(C)(C)C)c2O)nc2c(-c3cccc(-c4cc(-c5ccc(-c6ccccc6)cc5)ccn4)c3)nccc21. The van der Waals surface area contributed by atoms with Gasteiger partial charge in [-0.3, -0.25) is 14.5 Å². The van der Waals surface area contributed by atoms with Crippen LogP contribution in [0.1, 0.15) is 63.9 Å². The van der Waals surface area contributed by atoms with Crippen molar-refractivity contribution in [3.63, 3.8) is 0 Å². The first kappa shape index (κ1) is 36.6. The summed E-state index contributed by atoms with van der Waals surface area (Å²) in [5.74, 6) is 0.718. The Hall–Kier alpha value is -6.40. The van der Waals surface area contributed by atoms with Crippen molar-refractivity contribution in [2.24, 2.45) is 0 Å². The summed E-state index contributed by atoms with van der Waals surface area (Å²) >= 11 is 0. The van der Waals surface area contributed by atoms with Crippen molar-refractivity contribution < 1.29 is 5.11 Å². The summed E-state index contributed by atoms with van der Waals surface area (Å²) in [5, 5.41) is 12.1. The zero-order chi connectivity index (χ0) is 39.4. The second-order valence-electron chi connectivity index (χ2n) is 16.7. The Morgan fingerprint density at radius 3 is 1.80 bits per heavy atom. The summed E-state index contributed by atoms with van der Waals surface area (Å²) < 4.78 is 2.16. The van der Waals surface area contributed by atoms with Crippen LogP contribution in [0.4, 0.5) is 0 Å². The molecule has 0 saturated heterocycles. The van der Waals surface area contributed by atoms with E-state index in [1.807, 2.05) is 36.7 Å². The highest BCUT2D eigenvalue weighted by atomic mass is 16.3. The van der Waals surface area contributed by atoms with Crippen LogP contribution in [0.5, 0.6) is 5.75 Å². The quantitative estimate of drug-likeness (QED) is 0.184. The minimum absolute atomic E-state index is 0.144. The topological polar surface area (TPSA) is 76.7 Å². The Morgan fingerprint density at radius 2 is 1.12 bits per heavy atom. The number of aryl methyl sites for hydroxylation is 2. The van der Waals surface area contributed by atoms with E-state index in [0.29, 0.717) is 11.5 Å². The molecule has 56 heavy (non-hydrogen) atoms. The minimum Gasteiger partial charge on any atom is -0.505 e. The number of imidazole rings is 1. The third-order valence-corrected chi connectivity index (χ3v) is 10.5. The molecule has 0 bridgehead atoms. The van der Waals surface area contributed by atoms with E-state index in [1.165, 1.54) is 11.1 Å². The van der Waals surface area contributed by atoms with Gasteiger partial charge in [0.05, 0.1) is 22.6 Å². The number of nitrogens with zero attached hydrogens (tertiary/aromatic N) is 5. The largest absolute Gasteiger partial charge is 0.505 e. The van der Waals surface area contributed by atoms with E-state index in [1.54, 1.807) is 0 Å². The number of benzene rings is 4. The molecule has 0 unspecified atom stereocenters. The third kappa shape index (κ3) is 6.77. The molecule has 8 aromatic rings. The minimum atomic E-state index is -0.332. The number of hydrogen-bond donors (Lipinski definition) is 1. The number of hydrogen-bond acceptors (Lipinski definition) is 5. The molecule has 0 aliphatic rings. The highest BCUT2D eigenvalue weighted by molar-refractivity contribution is 5.94. The fourth-order valence-corrected chi connectivity index (χ4v) is 7.49. The van der Waals surface area contributed by atoms with E-state index >= 15 is 0 Å². The summed E-state index contributed by atoms with van der Waals surface area (Å²) in [6.45, 7) is 17.0. The van der Waals surface area contributed by atoms with Crippen LogP contribution < -0.4 is 0 Å². The van der Waals surface area contributed by atoms with E-state index in [2.05, 4.69) is 157 Å². The Kier molecular flexibility index (Phi) is 9.16. The molecule has 0 saturated carbocycles. The molecule has 0 aliphatic carbocycles. The fraction of sp³-hybridized carbons (Fsp3) is 0.200. The second-order valence-corrected chi connectivity index (χ2v) is 16.7. The lowest BCUT2D eigenvalue weighted by Crippen LogP contribution is -2.19. The van der Waals surface area contributed by atoms with Crippen LogP contribution in [0.15, 0.2) is 134 Å². The molecule has 4 aromatic carbocycles. The predicted octanol–water partition coefficient (Wildman–Crippen LogP) is 12.5. The molecule has 4 aromatic heterocycles. The third-order valence-electron chi connectivity index (χ3n) is 10.5. The first-order chi connectivity index (χ1) is 26.8. The first-order valence-corrected chi connectivity index (χ1v) is 19.2. The average Bonchev–Trinajstić information content (AvgIpc) is 3.56. The lowest BCUT2D eigenvalue weighted by molar-refractivity contribution is 0.441. The molecule has 4 heterocycles. The van der Waals surface area contributed by atoms with Crippen LogP contribution >= 0.6 is 0 Å². The Balaban J connectivity index is 1.28. The second kappa shape index (κ2) is 14.0. The van der Waals surface area contributed by atoms with Crippen molar-refractivity contribution in [1.82, 2.24) is 24.5 Å². The normalized spacial score (nSPS) is 12.0. The van der Waals surface area contributed by atoms with Crippen LogP contribution in [-0.4, -0.2) is 29.6 Å². The lowest BCUT2D eigenvalue weighted by Gasteiger charge is -2.26. The maximum atomic E-state index is 12.1. The van der Waals surface area contributed by atoms with Crippen molar-refractivity contribution in [3.8, 4) is 67.7 Å². The molecule has 0 amide bonds. The summed E-state index contributed by atoms with van der Waals surface area (Å²) in [4.78, 5) is 20.3. The molecule has 0 aliphatic heterocycles. The molecule has 8 rings (SSSR count). The number of pyridine rings is 3. The zero-order valence-electron chi connectivity index (χ0n) is 33.4. The van der Waals surface area contributed by atoms with Gasteiger partial charge in [0.1, 0.15) is 17.0 Å². The van der Waals surface area contributed by atoms with E-state index in [-0.39, 0.29) is 16.6 Å². The van der Waals surface area contributed by atoms with Gasteiger partial charge < -0.3 is 5.11 Å². The van der Waals surface area contributed by atoms with Crippen molar-refractivity contribution in [2.45, 2.75) is 66.2 Å². The van der Waals surface area contributed by atoms with Crippen LogP contribution in [-0.2, 0) is 10.8 Å². The smallest absolute Gasteiger partial charge is 0.168 e. The van der Waals surface area contributed by atoms with Gasteiger partial charge in [0.25, 0.3) is 0 Å². The van der Waals surface area contributed by atoms with E-state index < -0.39 is 0 Å². The Bertz CT molecular complexity index is 2710. The lowest BCUT2D eigenvalue weighted by atomic mass is 9.82. The molecule has 0 radical (unpaired) electrons. The van der Waals surface area contributed by atoms with Gasteiger partial charge in [-0.25, -0.2) is 9.97 Å². The van der Waals surface area contributed by atoms with Crippen LogP contribution in [0.25, 0.3) is 73.0 Å². The van der Waals surface area contributed by atoms with Crippen molar-refractivity contribution >= 4 is 11.0 Å². The van der Waals surface area contributed by atoms with Crippen molar-refractivity contribution in [2.75, 3.05) is 0 Å². The van der Waals surface area contributed by atoms with Gasteiger partial charge in [0.15, 0.2) is 5.82 Å². The molecule has 6 heteroatoms. The molecule has 1 N–H and O–H groups in total. The number of aromatic nitrogens is 5. The van der Waals surface area contributed by atoms with Crippen molar-refractivity contribution in [1.29, 1.82) is 0 Å². The zero-order valence-corrected chi connectivity index (χ0v) is 33.4. The number of aromatic hydroxyl groups is 1. The van der Waals surface area contributed by atoms with Gasteiger partial charge in [-0.05, 0) is 83.0 Å². The highest BCUT2D eigenvalue weighted by Crippen LogP contribution is 2.43. The van der Waals surface area contributed by atoms with Gasteiger partial charge in [-0.2, -0.15) is 0 Å².